The molecule has 3 N–H and O–H groups in total. The number of aromatic nitrogens is 6. The molecule has 6 aromatic rings. The van der Waals surface area contributed by atoms with Crippen molar-refractivity contribution < 1.29 is 4.79 Å². The van der Waals surface area contributed by atoms with Gasteiger partial charge in [0.15, 0.2) is 5.65 Å². The molecule has 0 unspecified atom stereocenters. The van der Waals surface area contributed by atoms with Crippen LogP contribution in [0.2, 0.25) is 0 Å². The Kier molecular flexibility index (Phi) is 6.16. The second kappa shape index (κ2) is 10.3. The molecule has 1 saturated heterocycles. The van der Waals surface area contributed by atoms with Crippen molar-refractivity contribution in [2.24, 2.45) is 0 Å². The number of aromatic amines is 2. The van der Waals surface area contributed by atoms with Crippen molar-refractivity contribution in [3.63, 3.8) is 0 Å². The standard InChI is InChI=1S/C31H28N8O/c40-29(11-20-7-3-1-4-8-20)35-23-12-21(15-32-17-23)22-13-25-30(37-38-31(25)34-16-22)26-14-24-27(36-26)18-33-19-28(24)39-9-5-2-6-10-39/h1,3-4,7-8,12-19,36H,2,5-6,9-11H2,(H,35,40)(H,34,37,38). The fourth-order valence-electron chi connectivity index (χ4n) is 5.47. The monoisotopic (exact) mass is 528 g/mol. The number of amides is 1. The summed E-state index contributed by atoms with van der Waals surface area (Å²) in [6.07, 6.45) is 13.0. The molecule has 198 valence electrons. The summed E-state index contributed by atoms with van der Waals surface area (Å²) in [4.78, 5) is 32.0. The van der Waals surface area contributed by atoms with Crippen LogP contribution in [-0.2, 0) is 11.2 Å². The van der Waals surface area contributed by atoms with Crippen LogP contribution in [0.4, 0.5) is 11.4 Å². The van der Waals surface area contributed by atoms with Gasteiger partial charge in [0.2, 0.25) is 5.91 Å². The number of hydrogen-bond donors (Lipinski definition) is 3. The van der Waals surface area contributed by atoms with E-state index in [2.05, 4.69) is 52.5 Å². The maximum Gasteiger partial charge on any atom is 0.228 e. The summed E-state index contributed by atoms with van der Waals surface area (Å²) in [6.45, 7) is 2.11. The molecule has 0 aliphatic carbocycles. The maximum absolute atomic E-state index is 12.6. The summed E-state index contributed by atoms with van der Waals surface area (Å²) < 4.78 is 0. The van der Waals surface area contributed by atoms with E-state index in [4.69, 9.17) is 0 Å². The van der Waals surface area contributed by atoms with E-state index in [0.717, 1.165) is 57.5 Å². The topological polar surface area (TPSA) is 115 Å². The second-order valence-electron chi connectivity index (χ2n) is 10.2. The molecule has 0 bridgehead atoms. The van der Waals surface area contributed by atoms with Gasteiger partial charge >= 0.3 is 0 Å². The van der Waals surface area contributed by atoms with Gasteiger partial charge in [-0.05, 0) is 43.0 Å². The molecule has 9 heteroatoms. The van der Waals surface area contributed by atoms with E-state index >= 15 is 0 Å². The first-order valence-electron chi connectivity index (χ1n) is 13.6. The highest BCUT2D eigenvalue weighted by atomic mass is 16.1. The number of piperidine rings is 1. The highest BCUT2D eigenvalue weighted by Gasteiger charge is 2.18. The molecule has 0 radical (unpaired) electrons. The quantitative estimate of drug-likeness (QED) is 0.254. The van der Waals surface area contributed by atoms with Crippen LogP contribution in [0.25, 0.3) is 44.5 Å². The van der Waals surface area contributed by atoms with E-state index in [1.54, 1.807) is 18.6 Å². The van der Waals surface area contributed by atoms with Gasteiger partial charge in [-0.15, -0.1) is 0 Å². The molecular weight excluding hydrogens is 500 g/mol. The first-order valence-corrected chi connectivity index (χ1v) is 13.6. The molecule has 0 atom stereocenters. The number of carbonyl (C=O) groups excluding carboxylic acids is 1. The fraction of sp³-hybridized carbons (Fsp3) is 0.194. The molecular formula is C31H28N8O. The normalized spacial score (nSPS) is 13.7. The Labute approximate surface area is 230 Å². The Morgan fingerprint density at radius 1 is 0.875 bits per heavy atom. The molecule has 7 rings (SSSR count). The zero-order valence-electron chi connectivity index (χ0n) is 21.9. The van der Waals surface area contributed by atoms with Gasteiger partial charge in [0, 0.05) is 47.4 Å². The minimum Gasteiger partial charge on any atom is -0.370 e. The Bertz CT molecular complexity index is 1820. The minimum absolute atomic E-state index is 0.0897. The lowest BCUT2D eigenvalue weighted by Crippen LogP contribution is -2.29. The fourth-order valence-corrected chi connectivity index (χ4v) is 5.47. The summed E-state index contributed by atoms with van der Waals surface area (Å²) in [6, 6.07) is 15.8. The zero-order chi connectivity index (χ0) is 26.9. The number of rotatable bonds is 6. The molecule has 1 amide bonds. The van der Waals surface area contributed by atoms with Crippen molar-refractivity contribution in [3.8, 4) is 22.5 Å². The van der Waals surface area contributed by atoms with Gasteiger partial charge in [0.05, 0.1) is 53.3 Å². The SMILES string of the molecule is O=C(Cc1ccccc1)Nc1cncc(-c2cnc3n[nH]c(-c4cc5c(N6CCCCC6)cncc5[nH]4)c3c2)c1. The lowest BCUT2D eigenvalue weighted by Gasteiger charge is -2.28. The summed E-state index contributed by atoms with van der Waals surface area (Å²) >= 11 is 0. The summed E-state index contributed by atoms with van der Waals surface area (Å²) in [7, 11) is 0. The lowest BCUT2D eigenvalue weighted by atomic mass is 10.1. The van der Waals surface area contributed by atoms with Crippen LogP contribution in [0.3, 0.4) is 0 Å². The Balaban J connectivity index is 1.19. The molecule has 1 aliphatic heterocycles. The summed E-state index contributed by atoms with van der Waals surface area (Å²) in [5.41, 5.74) is 7.93. The number of H-pyrrole nitrogens is 2. The second-order valence-corrected chi connectivity index (χ2v) is 10.2. The van der Waals surface area contributed by atoms with E-state index in [-0.39, 0.29) is 5.91 Å². The number of nitrogens with one attached hydrogen (secondary N) is 3. The molecule has 9 nitrogen and oxygen atoms in total. The van der Waals surface area contributed by atoms with Gasteiger partial charge in [-0.1, -0.05) is 30.3 Å². The third-order valence-corrected chi connectivity index (χ3v) is 7.46. The lowest BCUT2D eigenvalue weighted by molar-refractivity contribution is -0.115. The van der Waals surface area contributed by atoms with Gasteiger partial charge in [0.1, 0.15) is 0 Å². The van der Waals surface area contributed by atoms with E-state index in [9.17, 15) is 4.79 Å². The van der Waals surface area contributed by atoms with Crippen LogP contribution in [0.1, 0.15) is 24.8 Å². The van der Waals surface area contributed by atoms with Gasteiger partial charge in [-0.25, -0.2) is 4.98 Å². The third kappa shape index (κ3) is 4.66. The average molecular weight is 529 g/mol. The highest BCUT2D eigenvalue weighted by Crippen LogP contribution is 2.34. The van der Waals surface area contributed by atoms with Gasteiger partial charge in [0.25, 0.3) is 0 Å². The van der Waals surface area contributed by atoms with Crippen molar-refractivity contribution in [1.29, 1.82) is 0 Å². The molecule has 40 heavy (non-hydrogen) atoms. The van der Waals surface area contributed by atoms with Crippen LogP contribution in [0.15, 0.2) is 79.5 Å². The maximum atomic E-state index is 12.6. The van der Waals surface area contributed by atoms with Gasteiger partial charge < -0.3 is 15.2 Å². The Morgan fingerprint density at radius 2 is 1.70 bits per heavy atom. The van der Waals surface area contributed by atoms with Crippen LogP contribution >= 0.6 is 0 Å². The summed E-state index contributed by atoms with van der Waals surface area (Å²) in [5.74, 6) is -0.0897. The van der Waals surface area contributed by atoms with Crippen LogP contribution in [0.5, 0.6) is 0 Å². The average Bonchev–Trinajstić information content (AvgIpc) is 3.62. The first-order chi connectivity index (χ1) is 19.7. The number of carbonyl (C=O) groups is 1. The number of hydrogen-bond acceptors (Lipinski definition) is 6. The van der Waals surface area contributed by atoms with Crippen molar-refractivity contribution in [2.75, 3.05) is 23.3 Å². The number of pyridine rings is 3. The smallest absolute Gasteiger partial charge is 0.228 e. The van der Waals surface area contributed by atoms with Crippen molar-refractivity contribution >= 4 is 39.2 Å². The Hall–Kier alpha value is -5.05. The van der Waals surface area contributed by atoms with Crippen molar-refractivity contribution in [3.05, 3.63) is 85.1 Å². The predicted molar refractivity (Wildman–Crippen MR) is 157 cm³/mol. The first kappa shape index (κ1) is 24.0. The zero-order valence-corrected chi connectivity index (χ0v) is 21.9. The number of nitrogens with zero attached hydrogens (tertiary/aromatic N) is 5. The number of fused-ring (bicyclic) bond motifs is 2. The van der Waals surface area contributed by atoms with E-state index in [1.165, 1.54) is 24.9 Å². The molecule has 1 fully saturated rings. The van der Waals surface area contributed by atoms with E-state index in [0.29, 0.717) is 17.8 Å². The van der Waals surface area contributed by atoms with Crippen molar-refractivity contribution in [2.45, 2.75) is 25.7 Å². The molecule has 6 heterocycles. The predicted octanol–water partition coefficient (Wildman–Crippen LogP) is 5.73. The van der Waals surface area contributed by atoms with E-state index < -0.39 is 0 Å². The number of anilines is 2. The molecule has 1 aromatic carbocycles. The summed E-state index contributed by atoms with van der Waals surface area (Å²) in [5, 5.41) is 12.6. The van der Waals surface area contributed by atoms with Crippen LogP contribution < -0.4 is 10.2 Å². The minimum atomic E-state index is -0.0897. The van der Waals surface area contributed by atoms with Gasteiger partial charge in [-0.2, -0.15) is 5.10 Å². The molecule has 0 spiro atoms. The molecule has 0 saturated carbocycles. The van der Waals surface area contributed by atoms with Gasteiger partial charge in [-0.3, -0.25) is 19.9 Å². The number of benzene rings is 1. The molecule has 1 aliphatic rings. The highest BCUT2D eigenvalue weighted by molar-refractivity contribution is 5.99. The van der Waals surface area contributed by atoms with Crippen LogP contribution in [0, 0.1) is 0 Å². The largest absolute Gasteiger partial charge is 0.370 e. The van der Waals surface area contributed by atoms with E-state index in [1.807, 2.05) is 48.8 Å². The Morgan fingerprint density at radius 3 is 2.58 bits per heavy atom. The third-order valence-electron chi connectivity index (χ3n) is 7.46. The van der Waals surface area contributed by atoms with Crippen molar-refractivity contribution in [1.82, 2.24) is 30.1 Å². The molecule has 5 aromatic heterocycles. The van der Waals surface area contributed by atoms with Crippen LogP contribution in [-0.4, -0.2) is 49.1 Å².